The molecular formula is C9H9BrN2O. The first-order chi connectivity index (χ1) is 6.22. The summed E-state index contributed by atoms with van der Waals surface area (Å²) in [6.07, 6.45) is 0. The first kappa shape index (κ1) is 8.56. The highest BCUT2D eigenvalue weighted by Crippen LogP contribution is 2.25. The molecule has 68 valence electrons. The molecule has 0 saturated heterocycles. The van der Waals surface area contributed by atoms with Gasteiger partial charge in [0.15, 0.2) is 0 Å². The fourth-order valence-electron chi connectivity index (χ4n) is 1.32. The summed E-state index contributed by atoms with van der Waals surface area (Å²) < 4.78 is 7.82. The van der Waals surface area contributed by atoms with Crippen molar-refractivity contribution in [3.05, 3.63) is 22.8 Å². The normalized spacial score (nSPS) is 10.7. The Bertz CT molecular complexity index is 450. The second-order valence-corrected chi connectivity index (χ2v) is 3.55. The Morgan fingerprint density at radius 2 is 2.23 bits per heavy atom. The minimum atomic E-state index is 0.850. The highest BCUT2D eigenvalue weighted by molar-refractivity contribution is 9.10. The fraction of sp³-hybridized carbons (Fsp3) is 0.222. The maximum Gasteiger partial charge on any atom is 0.135 e. The largest absolute Gasteiger partial charge is 0.497 e. The molecule has 0 saturated carbocycles. The van der Waals surface area contributed by atoms with Crippen molar-refractivity contribution in [2.45, 2.75) is 0 Å². The van der Waals surface area contributed by atoms with E-state index in [4.69, 9.17) is 4.74 Å². The lowest BCUT2D eigenvalue weighted by atomic mass is 10.2. The smallest absolute Gasteiger partial charge is 0.135 e. The summed E-state index contributed by atoms with van der Waals surface area (Å²) in [5.41, 5.74) is 1.06. The molecule has 0 spiro atoms. The van der Waals surface area contributed by atoms with E-state index in [1.165, 1.54) is 0 Å². The van der Waals surface area contributed by atoms with Crippen molar-refractivity contribution >= 4 is 26.8 Å². The first-order valence-electron chi connectivity index (χ1n) is 3.88. The summed E-state index contributed by atoms with van der Waals surface area (Å²) in [5.74, 6) is 0.850. The Labute approximate surface area is 84.4 Å². The molecule has 0 radical (unpaired) electrons. The van der Waals surface area contributed by atoms with Crippen molar-refractivity contribution < 1.29 is 4.74 Å². The number of aromatic nitrogens is 2. The van der Waals surface area contributed by atoms with Crippen LogP contribution in [0.5, 0.6) is 5.75 Å². The number of halogens is 1. The maximum atomic E-state index is 5.13. The molecule has 1 aromatic carbocycles. The van der Waals surface area contributed by atoms with Gasteiger partial charge >= 0.3 is 0 Å². The zero-order valence-electron chi connectivity index (χ0n) is 7.41. The number of nitrogens with zero attached hydrogens (tertiary/aromatic N) is 2. The van der Waals surface area contributed by atoms with Crippen molar-refractivity contribution in [1.29, 1.82) is 0 Å². The van der Waals surface area contributed by atoms with Gasteiger partial charge in [-0.2, -0.15) is 5.10 Å². The van der Waals surface area contributed by atoms with E-state index in [-0.39, 0.29) is 0 Å². The minimum absolute atomic E-state index is 0.850. The molecule has 1 aromatic heterocycles. The summed E-state index contributed by atoms with van der Waals surface area (Å²) >= 11 is 3.39. The van der Waals surface area contributed by atoms with Crippen molar-refractivity contribution in [2.24, 2.45) is 7.05 Å². The van der Waals surface area contributed by atoms with Crippen molar-refractivity contribution in [1.82, 2.24) is 9.78 Å². The molecule has 3 nitrogen and oxygen atoms in total. The van der Waals surface area contributed by atoms with Crippen LogP contribution in [-0.4, -0.2) is 16.9 Å². The molecular weight excluding hydrogens is 232 g/mol. The predicted molar refractivity (Wildman–Crippen MR) is 55.0 cm³/mol. The lowest BCUT2D eigenvalue weighted by molar-refractivity contribution is 0.415. The van der Waals surface area contributed by atoms with Crippen LogP contribution in [0.4, 0.5) is 0 Å². The summed E-state index contributed by atoms with van der Waals surface area (Å²) in [6.45, 7) is 0. The van der Waals surface area contributed by atoms with Crippen molar-refractivity contribution in [2.75, 3.05) is 7.11 Å². The van der Waals surface area contributed by atoms with E-state index in [2.05, 4.69) is 21.0 Å². The summed E-state index contributed by atoms with van der Waals surface area (Å²) in [4.78, 5) is 0. The number of fused-ring (bicyclic) bond motifs is 1. The topological polar surface area (TPSA) is 27.1 Å². The van der Waals surface area contributed by atoms with Gasteiger partial charge in [0.1, 0.15) is 10.4 Å². The van der Waals surface area contributed by atoms with Crippen LogP contribution in [-0.2, 0) is 7.05 Å². The minimum Gasteiger partial charge on any atom is -0.497 e. The first-order valence-corrected chi connectivity index (χ1v) is 4.68. The Balaban J connectivity index is 2.76. The molecule has 2 aromatic rings. The Kier molecular flexibility index (Phi) is 2.00. The molecule has 0 N–H and O–H groups in total. The van der Waals surface area contributed by atoms with Crippen molar-refractivity contribution in [3.63, 3.8) is 0 Å². The van der Waals surface area contributed by atoms with E-state index in [1.54, 1.807) is 7.11 Å². The third-order valence-electron chi connectivity index (χ3n) is 2.01. The highest BCUT2D eigenvalue weighted by atomic mass is 79.9. The molecule has 0 aliphatic carbocycles. The average Bonchev–Trinajstić information content (AvgIpc) is 2.42. The molecule has 4 heteroatoms. The lowest BCUT2D eigenvalue weighted by Gasteiger charge is -1.99. The number of aryl methyl sites for hydroxylation is 1. The standard InChI is InChI=1S/C9H9BrN2O/c1-12-8-5-6(13-2)3-4-7(8)9(10)11-12/h3-5H,1-2H3. The third kappa shape index (κ3) is 1.31. The molecule has 2 rings (SSSR count). The van der Waals surface area contributed by atoms with Gasteiger partial charge in [0.25, 0.3) is 0 Å². The van der Waals surface area contributed by atoms with Crippen LogP contribution in [0.25, 0.3) is 10.9 Å². The molecule has 1 heterocycles. The maximum absolute atomic E-state index is 5.13. The molecule has 0 amide bonds. The van der Waals surface area contributed by atoms with E-state index in [9.17, 15) is 0 Å². The highest BCUT2D eigenvalue weighted by Gasteiger charge is 2.05. The van der Waals surface area contributed by atoms with E-state index >= 15 is 0 Å². The van der Waals surface area contributed by atoms with Crippen molar-refractivity contribution in [3.8, 4) is 5.75 Å². The quantitative estimate of drug-likeness (QED) is 0.766. The Morgan fingerprint density at radius 3 is 2.92 bits per heavy atom. The number of hydrogen-bond donors (Lipinski definition) is 0. The molecule has 0 atom stereocenters. The van der Waals surface area contributed by atoms with Gasteiger partial charge in [-0.15, -0.1) is 0 Å². The van der Waals surface area contributed by atoms with Gasteiger partial charge < -0.3 is 4.74 Å². The number of ether oxygens (including phenoxy) is 1. The van der Waals surface area contributed by atoms with E-state index < -0.39 is 0 Å². The van der Waals surface area contributed by atoms with Crippen LogP contribution in [0.1, 0.15) is 0 Å². The third-order valence-corrected chi connectivity index (χ3v) is 2.60. The summed E-state index contributed by atoms with van der Waals surface area (Å²) in [7, 11) is 3.57. The number of rotatable bonds is 1. The van der Waals surface area contributed by atoms with Crippen LogP contribution in [0, 0.1) is 0 Å². The lowest BCUT2D eigenvalue weighted by Crippen LogP contribution is -1.89. The van der Waals surface area contributed by atoms with Crippen LogP contribution < -0.4 is 4.74 Å². The SMILES string of the molecule is COc1ccc2c(Br)nn(C)c2c1. The van der Waals surface area contributed by atoms with Gasteiger partial charge in [-0.3, -0.25) is 4.68 Å². The number of hydrogen-bond acceptors (Lipinski definition) is 2. The zero-order valence-corrected chi connectivity index (χ0v) is 9.00. The molecule has 0 unspecified atom stereocenters. The van der Waals surface area contributed by atoms with Gasteiger partial charge in [-0.25, -0.2) is 0 Å². The zero-order chi connectivity index (χ0) is 9.42. The molecule has 13 heavy (non-hydrogen) atoms. The second kappa shape index (κ2) is 3.03. The van der Waals surface area contributed by atoms with E-state index in [0.29, 0.717) is 0 Å². The van der Waals surface area contributed by atoms with Crippen LogP contribution in [0.3, 0.4) is 0 Å². The van der Waals surface area contributed by atoms with Gasteiger partial charge in [-0.05, 0) is 28.1 Å². The van der Waals surface area contributed by atoms with Crippen LogP contribution in [0.2, 0.25) is 0 Å². The number of methoxy groups -OCH3 is 1. The second-order valence-electron chi connectivity index (χ2n) is 2.80. The van der Waals surface area contributed by atoms with E-state index in [1.807, 2.05) is 29.9 Å². The van der Waals surface area contributed by atoms with Gasteiger partial charge in [0, 0.05) is 18.5 Å². The average molecular weight is 241 g/mol. The Hall–Kier alpha value is -1.03. The number of benzene rings is 1. The summed E-state index contributed by atoms with van der Waals surface area (Å²) in [5, 5.41) is 5.34. The monoisotopic (exact) mass is 240 g/mol. The predicted octanol–water partition coefficient (Wildman–Crippen LogP) is 2.34. The fourth-order valence-corrected chi connectivity index (χ4v) is 1.89. The van der Waals surface area contributed by atoms with Gasteiger partial charge in [-0.1, -0.05) is 0 Å². The Morgan fingerprint density at radius 1 is 1.46 bits per heavy atom. The molecule has 0 fully saturated rings. The van der Waals surface area contributed by atoms with E-state index in [0.717, 1.165) is 21.3 Å². The van der Waals surface area contributed by atoms with Gasteiger partial charge in [0.2, 0.25) is 0 Å². The molecule has 0 bridgehead atoms. The molecule has 0 aliphatic rings. The van der Waals surface area contributed by atoms with Gasteiger partial charge in [0.05, 0.1) is 12.6 Å². The van der Waals surface area contributed by atoms with Crippen LogP contribution >= 0.6 is 15.9 Å². The van der Waals surface area contributed by atoms with Crippen LogP contribution in [0.15, 0.2) is 22.8 Å². The molecule has 0 aliphatic heterocycles. The summed E-state index contributed by atoms with van der Waals surface area (Å²) in [6, 6.07) is 5.88.